The highest BCUT2D eigenvalue weighted by molar-refractivity contribution is 6.26. The van der Waals surface area contributed by atoms with E-state index in [1.165, 1.54) is 127 Å². The molecular weight excluding hydrogens is 721 g/mol. The summed E-state index contributed by atoms with van der Waals surface area (Å²) < 4.78 is 0. The van der Waals surface area contributed by atoms with E-state index in [1.54, 1.807) is 0 Å². The first-order chi connectivity index (χ1) is 29.4. The molecule has 60 heavy (non-hydrogen) atoms. The van der Waals surface area contributed by atoms with Crippen LogP contribution in [-0.4, -0.2) is 0 Å². The highest BCUT2D eigenvalue weighted by Crippen LogP contribution is 2.59. The molecule has 0 aliphatic heterocycles. The fraction of sp³-hybridized carbons (Fsp3) is 0.100. The van der Waals surface area contributed by atoms with Crippen molar-refractivity contribution in [1.29, 1.82) is 0 Å². The van der Waals surface area contributed by atoms with E-state index in [4.69, 9.17) is 0 Å². The van der Waals surface area contributed by atoms with Gasteiger partial charge in [-0.25, -0.2) is 0 Å². The first kappa shape index (κ1) is 35.0. The van der Waals surface area contributed by atoms with E-state index >= 15 is 0 Å². The van der Waals surface area contributed by atoms with E-state index in [-0.39, 0.29) is 11.3 Å². The third-order valence-corrected chi connectivity index (χ3v) is 13.9. The Bertz CT molecular complexity index is 3340. The van der Waals surface area contributed by atoms with Crippen LogP contribution < -0.4 is 0 Å². The minimum Gasteiger partial charge on any atom is -0.0622 e. The van der Waals surface area contributed by atoms with Gasteiger partial charge in [-0.15, -0.1) is 0 Å². The van der Waals surface area contributed by atoms with Crippen molar-refractivity contribution in [3.05, 3.63) is 216 Å². The molecule has 0 fully saturated rings. The zero-order valence-electron chi connectivity index (χ0n) is 34.5. The van der Waals surface area contributed by atoms with Crippen LogP contribution in [0.15, 0.2) is 188 Å². The van der Waals surface area contributed by atoms with Gasteiger partial charge >= 0.3 is 0 Å². The summed E-state index contributed by atoms with van der Waals surface area (Å²) in [6.07, 6.45) is 0. The minimum atomic E-state index is -0.0990. The van der Waals surface area contributed by atoms with Gasteiger partial charge in [-0.3, -0.25) is 0 Å². The van der Waals surface area contributed by atoms with Gasteiger partial charge in [-0.2, -0.15) is 0 Å². The Morgan fingerprint density at radius 3 is 1.63 bits per heavy atom. The fourth-order valence-electron chi connectivity index (χ4n) is 11.1. The van der Waals surface area contributed by atoms with Crippen LogP contribution in [0.4, 0.5) is 0 Å². The summed E-state index contributed by atoms with van der Waals surface area (Å²) in [4.78, 5) is 0. The van der Waals surface area contributed by atoms with E-state index in [0.29, 0.717) is 0 Å². The summed E-state index contributed by atoms with van der Waals surface area (Å²) in [7, 11) is 0. The minimum absolute atomic E-state index is 0.0990. The molecule has 0 spiro atoms. The second kappa shape index (κ2) is 13.0. The maximum atomic E-state index is 2.57. The zero-order chi connectivity index (χ0) is 40.3. The average Bonchev–Trinajstić information content (AvgIpc) is 3.71. The molecule has 0 aromatic heterocycles. The van der Waals surface area contributed by atoms with Crippen molar-refractivity contribution >= 4 is 32.3 Å². The normalized spacial score (nSPS) is 14.6. The first-order valence-electron chi connectivity index (χ1n) is 21.4. The Kier molecular flexibility index (Phi) is 7.57. The number of hydrogen-bond donors (Lipinski definition) is 0. The van der Waals surface area contributed by atoms with Crippen LogP contribution in [0.3, 0.4) is 0 Å². The molecule has 0 nitrogen and oxygen atoms in total. The first-order valence-corrected chi connectivity index (χ1v) is 21.4. The highest BCUT2D eigenvalue weighted by atomic mass is 14.4. The van der Waals surface area contributed by atoms with Crippen molar-refractivity contribution in [2.24, 2.45) is 0 Å². The molecule has 0 heteroatoms. The lowest BCUT2D eigenvalue weighted by molar-refractivity contribution is 0.661. The smallest absolute Gasteiger partial charge is 0.0159 e. The lowest BCUT2D eigenvalue weighted by Gasteiger charge is -2.24. The molecule has 1 atom stereocenters. The Hall–Kier alpha value is -7.02. The molecule has 1 unspecified atom stereocenters. The Balaban J connectivity index is 1.22. The molecule has 2 aliphatic carbocycles. The second-order valence-corrected chi connectivity index (χ2v) is 17.7. The van der Waals surface area contributed by atoms with Crippen molar-refractivity contribution < 1.29 is 0 Å². The molecule has 0 heterocycles. The molecule has 0 N–H and O–H groups in total. The topological polar surface area (TPSA) is 0 Å². The number of fused-ring (bicyclic) bond motifs is 11. The van der Waals surface area contributed by atoms with Gasteiger partial charge in [0.05, 0.1) is 0 Å². The van der Waals surface area contributed by atoms with Gasteiger partial charge in [0.2, 0.25) is 0 Å². The van der Waals surface area contributed by atoms with Crippen molar-refractivity contribution in [3.8, 4) is 66.8 Å². The summed E-state index contributed by atoms with van der Waals surface area (Å²) in [5.74, 6) is 0.274. The van der Waals surface area contributed by atoms with Crippen molar-refractivity contribution in [2.75, 3.05) is 0 Å². The highest BCUT2D eigenvalue weighted by Gasteiger charge is 2.39. The largest absolute Gasteiger partial charge is 0.0622 e. The van der Waals surface area contributed by atoms with Crippen LogP contribution in [0.1, 0.15) is 54.5 Å². The van der Waals surface area contributed by atoms with Crippen molar-refractivity contribution in [1.82, 2.24) is 0 Å². The van der Waals surface area contributed by atoms with E-state index in [1.807, 2.05) is 0 Å². The molecule has 2 aliphatic rings. The van der Waals surface area contributed by atoms with Crippen LogP contribution in [-0.2, 0) is 5.41 Å². The van der Waals surface area contributed by atoms with E-state index in [2.05, 4.69) is 216 Å². The Morgan fingerprint density at radius 2 is 0.917 bits per heavy atom. The number of rotatable bonds is 4. The monoisotopic (exact) mass is 764 g/mol. The zero-order valence-corrected chi connectivity index (χ0v) is 34.5. The van der Waals surface area contributed by atoms with Crippen LogP contribution in [0, 0.1) is 6.92 Å². The van der Waals surface area contributed by atoms with Gasteiger partial charge in [0.1, 0.15) is 0 Å². The Morgan fingerprint density at radius 1 is 0.350 bits per heavy atom. The summed E-state index contributed by atoms with van der Waals surface area (Å²) in [5, 5.41) is 7.83. The van der Waals surface area contributed by atoms with Gasteiger partial charge in [0.25, 0.3) is 0 Å². The van der Waals surface area contributed by atoms with E-state index in [9.17, 15) is 0 Å². The van der Waals surface area contributed by atoms with Crippen LogP contribution in [0.25, 0.3) is 99.1 Å². The maximum absolute atomic E-state index is 2.57. The molecule has 0 saturated heterocycles. The van der Waals surface area contributed by atoms with Gasteiger partial charge in [-0.1, -0.05) is 190 Å². The molecule has 0 bridgehead atoms. The molecule has 0 amide bonds. The van der Waals surface area contributed by atoms with Gasteiger partial charge in [0, 0.05) is 11.3 Å². The summed E-state index contributed by atoms with van der Waals surface area (Å²) in [5.41, 5.74) is 22.4. The second-order valence-electron chi connectivity index (χ2n) is 17.7. The lowest BCUT2D eigenvalue weighted by Crippen LogP contribution is -2.14. The summed E-state index contributed by atoms with van der Waals surface area (Å²) in [6.45, 7) is 9.46. The average molecular weight is 765 g/mol. The predicted molar refractivity (Wildman–Crippen MR) is 256 cm³/mol. The van der Waals surface area contributed by atoms with E-state index < -0.39 is 0 Å². The van der Waals surface area contributed by atoms with Crippen LogP contribution >= 0.6 is 0 Å². The SMILES string of the molecule is Cc1ccc2c(-c3cc4c(c5c6c(ccc35)C(C)(C)c3ccccc3-6)-c3ccccc3C4C)c3ccccc3c(-c3cc(-c4ccccc4)cc(-c4ccccc4)c3)c2c1. The van der Waals surface area contributed by atoms with Crippen molar-refractivity contribution in [2.45, 2.75) is 39.0 Å². The van der Waals surface area contributed by atoms with Crippen molar-refractivity contribution in [3.63, 3.8) is 0 Å². The quantitative estimate of drug-likeness (QED) is 0.157. The summed E-state index contributed by atoms with van der Waals surface area (Å²) >= 11 is 0. The number of benzene rings is 10. The van der Waals surface area contributed by atoms with E-state index in [0.717, 1.165) is 0 Å². The van der Waals surface area contributed by atoms with Crippen LogP contribution in [0.2, 0.25) is 0 Å². The lowest BCUT2D eigenvalue weighted by atomic mass is 9.79. The Labute approximate surface area is 352 Å². The number of aryl methyl sites for hydroxylation is 1. The van der Waals surface area contributed by atoms with Gasteiger partial charge in [0.15, 0.2) is 0 Å². The fourth-order valence-corrected chi connectivity index (χ4v) is 11.1. The van der Waals surface area contributed by atoms with Gasteiger partial charge in [-0.05, 0) is 153 Å². The number of hydrogen-bond acceptors (Lipinski definition) is 0. The summed E-state index contributed by atoms with van der Waals surface area (Å²) in [6, 6.07) is 71.0. The standard InChI is InChI=1S/C60H44/c1-36-27-28-47-51(31-36)55(42-33-40(38-17-7-5-8-18-38)32-41(34-42)39-19-9-6-10-20-39)45-23-13-14-24-46(45)56(47)52-35-50-37(2)43-21-11-12-22-44(43)57(50)59-48(52)29-30-54-58(59)49-25-15-16-26-53(49)60(54,3)4/h5-35,37H,1-4H3. The molecule has 0 saturated carbocycles. The third-order valence-electron chi connectivity index (χ3n) is 13.9. The molecule has 12 rings (SSSR count). The molecule has 10 aromatic carbocycles. The molecule has 10 aromatic rings. The van der Waals surface area contributed by atoms with Gasteiger partial charge < -0.3 is 0 Å². The maximum Gasteiger partial charge on any atom is 0.0159 e. The molecule has 284 valence electrons. The third kappa shape index (κ3) is 4.98. The molecule has 0 radical (unpaired) electrons. The van der Waals surface area contributed by atoms with Crippen LogP contribution in [0.5, 0.6) is 0 Å². The predicted octanol–water partition coefficient (Wildman–Crippen LogP) is 16.6. The molecular formula is C60H44.